The number of nitriles is 4. The number of carbonyl (C=O) groups excluding carboxylic acids is 1. The van der Waals surface area contributed by atoms with E-state index in [2.05, 4.69) is 261 Å². The van der Waals surface area contributed by atoms with Gasteiger partial charge in [0.25, 0.3) is 0 Å². The highest BCUT2D eigenvalue weighted by molar-refractivity contribution is 7.41. The van der Waals surface area contributed by atoms with E-state index in [1.165, 1.54) is 103 Å². The molecule has 10 aliphatic heterocycles. The number of phenols is 2. The minimum Gasteiger partial charge on any atom is -0.507 e. The van der Waals surface area contributed by atoms with Gasteiger partial charge in [-0.3, -0.25) is 4.79 Å². The molecule has 0 saturated heterocycles. The molecule has 20 nitrogen and oxygen atoms in total. The van der Waals surface area contributed by atoms with Gasteiger partial charge in [0.15, 0.2) is 16.9 Å². The first-order chi connectivity index (χ1) is 68.0. The van der Waals surface area contributed by atoms with Crippen molar-refractivity contribution in [1.82, 2.24) is 0 Å². The van der Waals surface area contributed by atoms with Gasteiger partial charge in [0.2, 0.25) is 0 Å². The molecule has 762 valence electrons. The van der Waals surface area contributed by atoms with Gasteiger partial charge < -0.3 is 63.2 Å². The Labute approximate surface area is 867 Å². The van der Waals surface area contributed by atoms with Crippen LogP contribution in [0.2, 0.25) is 0 Å². The minimum atomic E-state index is -1.50. The van der Waals surface area contributed by atoms with Crippen LogP contribution in [0.4, 0.5) is 39.8 Å². The fraction of sp³-hybridized carbons (Fsp3) is 0.488. The zero-order valence-corrected chi connectivity index (χ0v) is 92.3. The molecule has 4 N–H and O–H groups in total. The Bertz CT molecular complexity index is 6460. The number of rotatable bonds is 21. The van der Waals surface area contributed by atoms with Gasteiger partial charge in [-0.05, 0) is 278 Å². The number of aldehydes is 1. The van der Waals surface area contributed by atoms with E-state index >= 15 is 0 Å². The Morgan fingerprint density at radius 2 is 0.634 bits per heavy atom. The summed E-state index contributed by atoms with van der Waals surface area (Å²) in [4.78, 5) is 31.4. The Morgan fingerprint density at radius 3 is 0.959 bits per heavy atom. The minimum absolute atomic E-state index is 0. The molecular formula is C123H151N11O9P2. The van der Waals surface area contributed by atoms with Gasteiger partial charge in [-0.25, -0.2) is 9.69 Å². The van der Waals surface area contributed by atoms with Crippen molar-refractivity contribution in [2.45, 2.75) is 297 Å². The maximum atomic E-state index is 11.7. The highest BCUT2D eigenvalue weighted by atomic mass is 31.2. The number of benzene rings is 8. The number of phenolic OH excluding ortho intramolecular Hbond substituents is 2. The second kappa shape index (κ2) is 42.1. The predicted octanol–water partition coefficient (Wildman–Crippen LogP) is 28.1. The lowest BCUT2D eigenvalue weighted by Gasteiger charge is -2.48. The van der Waals surface area contributed by atoms with E-state index in [1.807, 2.05) is 82.4 Å². The molecule has 145 heavy (non-hydrogen) atoms. The number of hydrogen-bond donors (Lipinski definition) is 2. The molecule has 22 heteroatoms. The quantitative estimate of drug-likeness (QED) is 0.0223. The van der Waals surface area contributed by atoms with Gasteiger partial charge in [0.1, 0.15) is 17.8 Å². The Balaban J connectivity index is 0.000000162. The van der Waals surface area contributed by atoms with E-state index < -0.39 is 14.1 Å². The van der Waals surface area contributed by atoms with Gasteiger partial charge in [0, 0.05) is 140 Å². The summed E-state index contributed by atoms with van der Waals surface area (Å²) in [6, 6.07) is 37.6. The third kappa shape index (κ3) is 21.2. The number of hydrogen-bond acceptors (Lipinski definition) is 17. The van der Waals surface area contributed by atoms with Gasteiger partial charge in [0.05, 0.1) is 79.5 Å². The van der Waals surface area contributed by atoms with E-state index in [0.717, 1.165) is 156 Å². The van der Waals surface area contributed by atoms with Crippen molar-refractivity contribution in [3.8, 4) is 35.8 Å². The van der Waals surface area contributed by atoms with E-state index in [9.17, 15) is 36.1 Å². The van der Waals surface area contributed by atoms with Gasteiger partial charge in [-0.2, -0.15) is 21.0 Å². The first-order valence-corrected chi connectivity index (χ1v) is 53.6. The lowest BCUT2D eigenvalue weighted by Crippen LogP contribution is -2.45. The monoisotopic (exact) mass is 1990 g/mol. The van der Waals surface area contributed by atoms with E-state index in [0.29, 0.717) is 93.8 Å². The third-order valence-corrected chi connectivity index (χ3v) is 35.0. The van der Waals surface area contributed by atoms with Crippen LogP contribution in [-0.4, -0.2) is 114 Å². The van der Waals surface area contributed by atoms with E-state index in [4.69, 9.17) is 36.2 Å². The summed E-state index contributed by atoms with van der Waals surface area (Å²) in [5.74, 6) is 0.601. The number of ether oxygens (including phenoxy) is 2. The molecule has 1 atom stereocenters. The fourth-order valence-electron chi connectivity index (χ4n) is 23.9. The predicted molar refractivity (Wildman–Crippen MR) is 598 cm³/mol. The molecule has 8 aromatic rings. The molecule has 0 radical (unpaired) electrons. The molecule has 0 spiro atoms. The van der Waals surface area contributed by atoms with Crippen LogP contribution in [-0.2, 0) is 89.3 Å². The lowest BCUT2D eigenvalue weighted by molar-refractivity contribution is -0.173. The summed E-state index contributed by atoms with van der Waals surface area (Å²) in [5, 5.41) is 63.9. The molecule has 10 aliphatic rings. The van der Waals surface area contributed by atoms with Crippen molar-refractivity contribution in [3.05, 3.63) is 247 Å². The summed E-state index contributed by atoms with van der Waals surface area (Å²) in [7, 11) is 1.00. The molecule has 18 rings (SSSR count). The molecule has 1 unspecified atom stereocenters. The van der Waals surface area contributed by atoms with Gasteiger partial charge in [-0.15, -0.1) is 0 Å². The summed E-state index contributed by atoms with van der Waals surface area (Å²) >= 11 is 0. The lowest BCUT2D eigenvalue weighted by atomic mass is 9.68. The first kappa shape index (κ1) is 109. The molecule has 0 fully saturated rings. The largest absolute Gasteiger partial charge is 0.507 e. The topological polar surface area (TPSA) is 255 Å². The van der Waals surface area contributed by atoms with Gasteiger partial charge >= 0.3 is 8.60 Å². The van der Waals surface area contributed by atoms with Crippen LogP contribution in [0.1, 0.15) is 374 Å². The highest BCUT2D eigenvalue weighted by Gasteiger charge is 2.49. The van der Waals surface area contributed by atoms with E-state index in [-0.39, 0.29) is 66.2 Å². The van der Waals surface area contributed by atoms with Gasteiger partial charge in [-0.1, -0.05) is 233 Å². The second-order valence-corrected chi connectivity index (χ2v) is 49.2. The average molecular weight is 1990 g/mol. The Morgan fingerprint density at radius 1 is 0.352 bits per heavy atom. The molecule has 0 bridgehead atoms. The van der Waals surface area contributed by atoms with Crippen molar-refractivity contribution in [2.24, 2.45) is 0 Å². The standard InChI is InChI=1S/C44H50N4O2.C44H50N4.C18H26N2O5P2.C17H23NO.H2O/c1-41(2)14-18-47-20-16-43(5,6)35-37(47)32(41)23-29(39(35)49)12-10-27-25-34(46-9)28(22-31(27)26-45)11-13-30-24-33-38-36(40(30)50)44(7,8)17-21-48(38)19-15-42(33,3)4;1-41(2)17-21-47-23-19-43(5,6)37-29(13-15-35(41)39(37)47)9-11-31-25-34(28-46)32(26-33(31)27-45)12-10-30-14-16-36-40-38(30)44(7,8)20-24-48(40)22-18-42(36,3)4;1-6-21-18(26,22-7-2)16-10-14(12-19)15(11-17(16)20-5)13-25-27(23-8-3)24-9-4;1-16(2)7-9-18-10-8-17(3,4)14-12(11-19)5-6-13(16)15(14)18;/h10-13,22-25,49-50H,14-21H2,1-8H3;9-16,25-26H,17-24H2,1-8H3;10-11H,6-9,13,26H2,1-4H3;5-6,11H,7-10H2,1-4H3;1H2/b12-10+,13-11+;11-9+,12-10+;;;. The summed E-state index contributed by atoms with van der Waals surface area (Å²) < 4.78 is 27.9. The van der Waals surface area contributed by atoms with Crippen LogP contribution in [0, 0.1) is 58.5 Å². The normalized spacial score (nSPS) is 19.2. The zero-order valence-electron chi connectivity index (χ0n) is 90.2. The number of carbonyl (C=O) groups is 1. The van der Waals surface area contributed by atoms with Crippen molar-refractivity contribution < 1.29 is 43.5 Å². The van der Waals surface area contributed by atoms with Crippen molar-refractivity contribution in [3.63, 3.8) is 0 Å². The molecule has 0 amide bonds. The summed E-state index contributed by atoms with van der Waals surface area (Å²) in [6.07, 6.45) is 27.9. The zero-order chi connectivity index (χ0) is 104. The molecule has 0 aliphatic carbocycles. The van der Waals surface area contributed by atoms with Crippen LogP contribution < -0.4 is 24.5 Å². The third-order valence-electron chi connectivity index (χ3n) is 33.1. The van der Waals surface area contributed by atoms with Crippen LogP contribution >= 0.6 is 17.8 Å². The molecule has 0 saturated carbocycles. The molecule has 0 aromatic heterocycles. The first-order valence-electron chi connectivity index (χ1n) is 51.9. The maximum absolute atomic E-state index is 11.7. The van der Waals surface area contributed by atoms with Crippen LogP contribution in [0.3, 0.4) is 0 Å². The number of nitrogens with zero attached hydrogens (tertiary/aromatic N) is 11. The van der Waals surface area contributed by atoms with Crippen molar-refractivity contribution in [2.75, 3.05) is 116 Å². The summed E-state index contributed by atoms with van der Waals surface area (Å²) in [5.41, 5.74) is 30.1. The Hall–Kier alpha value is -11.5. The van der Waals surface area contributed by atoms with Crippen LogP contribution in [0.15, 0.2) is 84.9 Å². The molecule has 8 aromatic carbocycles. The Kier molecular flexibility index (Phi) is 31.7. The highest BCUT2D eigenvalue weighted by Crippen LogP contribution is 2.60. The van der Waals surface area contributed by atoms with Crippen molar-refractivity contribution >= 4 is 113 Å². The molecular weight excluding hydrogens is 1840 g/mol. The van der Waals surface area contributed by atoms with E-state index in [1.54, 1.807) is 24.3 Å². The maximum Gasteiger partial charge on any atom is 0.332 e. The molecule has 10 heterocycles. The van der Waals surface area contributed by atoms with Crippen molar-refractivity contribution in [1.29, 1.82) is 21.0 Å². The fourth-order valence-corrected chi connectivity index (χ4v) is 25.3. The number of anilines is 5. The van der Waals surface area contributed by atoms with Crippen LogP contribution in [0.25, 0.3) is 58.3 Å². The smallest absolute Gasteiger partial charge is 0.332 e. The average Bonchev–Trinajstić information content (AvgIpc) is 0.728. The van der Waals surface area contributed by atoms with Crippen LogP contribution in [0.5, 0.6) is 11.5 Å². The number of aromatic hydroxyl groups is 2. The summed E-state index contributed by atoms with van der Waals surface area (Å²) in [6.45, 7) is 81.4. The SMILES string of the molecule is CC1(C)CCN2CCC(C)(C)c3c(/C=C/c4cc(C#N)c(/C=C/c5ccc6c7c5C(C)(C)CCN7CCC6(C)C)cc4C#N)ccc1c32.CC1(C)CCN2CCC(C)(C)c3c(C=O)ccc1c32.O.[C-]#[N+]c1cc(/C=C/c2cc3c4c(c2O)C(C)(C)CCN4CCC3(C)C)c(C#N)cc1/C=C/c1cc2c3c(c1O)C(C)(C)CCN3CCC2(C)C.[C-]#[N+]c1cc(COP(OCC)OCC)c(C#N)cc1C(P)(OCC)OCC. The second-order valence-electron chi connectivity index (χ2n) is 47.3.